The predicted molar refractivity (Wildman–Crippen MR) is 75.7 cm³/mol. The van der Waals surface area contributed by atoms with Crippen molar-refractivity contribution in [3.8, 4) is 0 Å². The van der Waals surface area contributed by atoms with Crippen LogP contribution >= 0.6 is 0 Å². The van der Waals surface area contributed by atoms with Gasteiger partial charge in [-0.25, -0.2) is 4.79 Å². The zero-order valence-electron chi connectivity index (χ0n) is 11.6. The third kappa shape index (κ3) is 6.53. The second kappa shape index (κ2) is 8.01. The Labute approximate surface area is 122 Å². The average molecular weight is 294 g/mol. The van der Waals surface area contributed by atoms with Crippen molar-refractivity contribution < 1.29 is 24.6 Å². The first-order valence-corrected chi connectivity index (χ1v) is 6.42. The van der Waals surface area contributed by atoms with Crippen LogP contribution in [-0.4, -0.2) is 40.6 Å². The number of aliphatic hydroxyl groups is 1. The molecule has 1 aromatic carbocycles. The van der Waals surface area contributed by atoms with Crippen LogP contribution in [0.1, 0.15) is 18.9 Å². The topological polar surface area (TPSA) is 116 Å². The molecular formula is C14H18N2O5. The maximum absolute atomic E-state index is 11.6. The van der Waals surface area contributed by atoms with Gasteiger partial charge < -0.3 is 20.8 Å². The maximum atomic E-state index is 11.6. The summed E-state index contributed by atoms with van der Waals surface area (Å²) in [5, 5.41) is 22.7. The zero-order valence-corrected chi connectivity index (χ0v) is 11.6. The molecule has 0 aliphatic heterocycles. The first-order valence-electron chi connectivity index (χ1n) is 6.42. The van der Waals surface area contributed by atoms with Crippen LogP contribution in [-0.2, 0) is 20.8 Å². The number of hydrogen-bond acceptors (Lipinski definition) is 4. The smallest absolute Gasteiger partial charge is 0.332 e. The molecule has 0 unspecified atom stereocenters. The van der Waals surface area contributed by atoms with Crippen molar-refractivity contribution in [1.82, 2.24) is 5.32 Å². The van der Waals surface area contributed by atoms with E-state index in [1.54, 1.807) is 24.3 Å². The van der Waals surface area contributed by atoms with Gasteiger partial charge in [-0.15, -0.1) is 0 Å². The molecule has 0 heterocycles. The van der Waals surface area contributed by atoms with E-state index >= 15 is 0 Å². The first-order chi connectivity index (χ1) is 9.88. The number of anilines is 1. The Kier molecular flexibility index (Phi) is 6.35. The largest absolute Gasteiger partial charge is 0.479 e. The molecule has 114 valence electrons. The predicted octanol–water partition coefficient (Wildman–Crippen LogP) is 0.139. The fraction of sp³-hybridized carbons (Fsp3) is 0.357. The third-order valence-electron chi connectivity index (χ3n) is 2.66. The van der Waals surface area contributed by atoms with Gasteiger partial charge in [0, 0.05) is 25.6 Å². The molecule has 0 radical (unpaired) electrons. The number of aliphatic carboxylic acids is 1. The van der Waals surface area contributed by atoms with E-state index in [1.807, 2.05) is 0 Å². The van der Waals surface area contributed by atoms with E-state index in [2.05, 4.69) is 10.6 Å². The minimum absolute atomic E-state index is 0.0391. The van der Waals surface area contributed by atoms with Crippen LogP contribution in [0, 0.1) is 0 Å². The Morgan fingerprint density at radius 2 is 1.81 bits per heavy atom. The van der Waals surface area contributed by atoms with Crippen LogP contribution in [0.25, 0.3) is 0 Å². The van der Waals surface area contributed by atoms with Crippen LogP contribution in [0.15, 0.2) is 24.3 Å². The maximum Gasteiger partial charge on any atom is 0.332 e. The normalized spacial score (nSPS) is 11.5. The summed E-state index contributed by atoms with van der Waals surface area (Å²) >= 11 is 0. The van der Waals surface area contributed by atoms with Gasteiger partial charge in [0.15, 0.2) is 6.10 Å². The van der Waals surface area contributed by atoms with Gasteiger partial charge in [0.1, 0.15) is 0 Å². The molecule has 0 saturated carbocycles. The van der Waals surface area contributed by atoms with E-state index in [4.69, 9.17) is 10.2 Å². The number of benzene rings is 1. The molecule has 0 fully saturated rings. The number of hydrogen-bond donors (Lipinski definition) is 4. The third-order valence-corrected chi connectivity index (χ3v) is 2.66. The number of amides is 2. The summed E-state index contributed by atoms with van der Waals surface area (Å²) in [7, 11) is 0. The number of aliphatic hydroxyl groups excluding tert-OH is 1. The summed E-state index contributed by atoms with van der Waals surface area (Å²) in [5.41, 5.74) is 1.41. The van der Waals surface area contributed by atoms with Gasteiger partial charge >= 0.3 is 5.97 Å². The van der Waals surface area contributed by atoms with Crippen LogP contribution in [0.4, 0.5) is 5.69 Å². The lowest BCUT2D eigenvalue weighted by atomic mass is 10.1. The Bertz CT molecular complexity index is 513. The minimum atomic E-state index is -1.47. The second-order valence-electron chi connectivity index (χ2n) is 4.55. The monoisotopic (exact) mass is 294 g/mol. The fourth-order valence-electron chi connectivity index (χ4n) is 1.63. The van der Waals surface area contributed by atoms with Crippen molar-refractivity contribution in [3.05, 3.63) is 29.8 Å². The molecule has 1 aromatic rings. The van der Waals surface area contributed by atoms with Gasteiger partial charge in [0.25, 0.3) is 0 Å². The van der Waals surface area contributed by atoms with Gasteiger partial charge in [-0.1, -0.05) is 12.1 Å². The van der Waals surface area contributed by atoms with Crippen LogP contribution in [0.2, 0.25) is 0 Å². The van der Waals surface area contributed by atoms with E-state index in [-0.39, 0.29) is 31.2 Å². The number of carbonyl (C=O) groups is 3. The summed E-state index contributed by atoms with van der Waals surface area (Å²) < 4.78 is 0. The number of rotatable bonds is 7. The number of carboxylic acids is 1. The Balaban J connectivity index is 2.37. The quantitative estimate of drug-likeness (QED) is 0.571. The highest BCUT2D eigenvalue weighted by Gasteiger charge is 2.12. The average Bonchev–Trinajstić information content (AvgIpc) is 2.40. The van der Waals surface area contributed by atoms with Crippen LogP contribution in [0.3, 0.4) is 0 Å². The molecule has 4 N–H and O–H groups in total. The highest BCUT2D eigenvalue weighted by Crippen LogP contribution is 2.09. The van der Waals surface area contributed by atoms with Crippen molar-refractivity contribution >= 4 is 23.5 Å². The molecule has 21 heavy (non-hydrogen) atoms. The zero-order chi connectivity index (χ0) is 15.8. The van der Waals surface area contributed by atoms with Crippen molar-refractivity contribution in [2.45, 2.75) is 25.9 Å². The molecule has 0 aliphatic carbocycles. The Hall–Kier alpha value is -2.41. The van der Waals surface area contributed by atoms with Crippen molar-refractivity contribution in [3.63, 3.8) is 0 Å². The summed E-state index contributed by atoms with van der Waals surface area (Å²) in [4.78, 5) is 32.9. The molecule has 7 nitrogen and oxygen atoms in total. The lowest BCUT2D eigenvalue weighted by molar-refractivity contribution is -0.147. The first kappa shape index (κ1) is 16.6. The highest BCUT2D eigenvalue weighted by molar-refractivity contribution is 5.88. The molecular weight excluding hydrogens is 276 g/mol. The molecule has 0 saturated heterocycles. The van der Waals surface area contributed by atoms with E-state index in [9.17, 15) is 14.4 Å². The van der Waals surface area contributed by atoms with Crippen molar-refractivity contribution in [2.75, 3.05) is 11.9 Å². The second-order valence-corrected chi connectivity index (χ2v) is 4.55. The number of nitrogens with one attached hydrogen (secondary N) is 2. The fourth-order valence-corrected chi connectivity index (χ4v) is 1.63. The van der Waals surface area contributed by atoms with Gasteiger partial charge in [0.2, 0.25) is 11.8 Å². The van der Waals surface area contributed by atoms with E-state index < -0.39 is 12.1 Å². The van der Waals surface area contributed by atoms with Crippen molar-refractivity contribution in [1.29, 1.82) is 0 Å². The summed E-state index contributed by atoms with van der Waals surface area (Å²) in [6.07, 6.45) is -1.37. The van der Waals surface area contributed by atoms with Crippen molar-refractivity contribution in [2.24, 2.45) is 0 Å². The summed E-state index contributed by atoms with van der Waals surface area (Å²) in [6.45, 7) is 1.50. The minimum Gasteiger partial charge on any atom is -0.479 e. The number of carbonyl (C=O) groups excluding carboxylic acids is 2. The van der Waals surface area contributed by atoms with E-state index in [1.165, 1.54) is 6.92 Å². The Morgan fingerprint density at radius 1 is 1.19 bits per heavy atom. The molecule has 1 rings (SSSR count). The Morgan fingerprint density at radius 3 is 2.33 bits per heavy atom. The van der Waals surface area contributed by atoms with E-state index in [0.29, 0.717) is 5.69 Å². The van der Waals surface area contributed by atoms with Gasteiger partial charge in [-0.05, 0) is 17.7 Å². The van der Waals surface area contributed by atoms with Crippen LogP contribution in [0.5, 0.6) is 0 Å². The SMILES string of the molecule is CC(=O)Nc1ccc(CC(=O)NCC[C@H](O)C(=O)O)cc1. The molecule has 0 aliphatic rings. The molecule has 2 amide bonds. The van der Waals surface area contributed by atoms with Gasteiger partial charge in [-0.3, -0.25) is 9.59 Å². The van der Waals surface area contributed by atoms with E-state index in [0.717, 1.165) is 5.56 Å². The van der Waals surface area contributed by atoms with Crippen LogP contribution < -0.4 is 10.6 Å². The molecule has 0 spiro atoms. The standard InChI is InChI=1S/C14H18N2O5/c1-9(17)16-11-4-2-10(3-5-11)8-13(19)15-7-6-12(18)14(20)21/h2-5,12,18H,6-8H2,1H3,(H,15,19)(H,16,17)(H,20,21)/t12-/m0/s1. The number of carboxylic acid groups (broad SMARTS) is 1. The molecule has 1 atom stereocenters. The highest BCUT2D eigenvalue weighted by atomic mass is 16.4. The lowest BCUT2D eigenvalue weighted by Crippen LogP contribution is -2.30. The summed E-state index contributed by atoms with van der Waals surface area (Å²) in [6, 6.07) is 6.82. The lowest BCUT2D eigenvalue weighted by Gasteiger charge is -2.08. The summed E-state index contributed by atoms with van der Waals surface area (Å²) in [5.74, 6) is -1.74. The molecule has 0 aromatic heterocycles. The van der Waals surface area contributed by atoms with Gasteiger partial charge in [-0.2, -0.15) is 0 Å². The molecule has 7 heteroatoms. The molecule has 0 bridgehead atoms. The van der Waals surface area contributed by atoms with Gasteiger partial charge in [0.05, 0.1) is 6.42 Å².